The van der Waals surface area contributed by atoms with Gasteiger partial charge in [-0.2, -0.15) is 13.2 Å². The van der Waals surface area contributed by atoms with Crippen LogP contribution in [0.3, 0.4) is 0 Å². The molecule has 0 bridgehead atoms. The lowest BCUT2D eigenvalue weighted by atomic mass is 9.96. The number of nitrogens with zero attached hydrogens (tertiary/aromatic N) is 5. The van der Waals surface area contributed by atoms with Gasteiger partial charge in [-0.15, -0.1) is 0 Å². The van der Waals surface area contributed by atoms with E-state index in [1.807, 2.05) is 6.92 Å². The maximum Gasteiger partial charge on any atom is 0.401 e. The van der Waals surface area contributed by atoms with E-state index < -0.39 is 18.6 Å². The molecule has 10 heteroatoms. The van der Waals surface area contributed by atoms with E-state index >= 15 is 0 Å². The zero-order valence-corrected chi connectivity index (χ0v) is 21.5. The third-order valence-electron chi connectivity index (χ3n) is 7.10. The lowest BCUT2D eigenvalue weighted by molar-refractivity contribution is -0.149. The molecule has 2 aliphatic rings. The molecule has 0 spiro atoms. The second-order valence-electron chi connectivity index (χ2n) is 9.76. The van der Waals surface area contributed by atoms with Gasteiger partial charge in [-0.3, -0.25) is 9.69 Å². The number of alkyl halides is 3. The first-order valence-electron chi connectivity index (χ1n) is 12.6. The van der Waals surface area contributed by atoms with Crippen LogP contribution in [0.25, 0.3) is 0 Å². The number of benzene rings is 1. The molecule has 1 aromatic heterocycles. The standard InChI is InChI=1S/C26H33ClF3N5O/c1-3-10-33(16-26(28,29)30)15-21(19-5-7-20(27)8-6-19)25(36)35-13-11-34(12-14-35)24-23-18(2)4-9-22(23)31-17-32-24/h5-8,17-18,21H,3-4,9-16H2,1-2H3. The van der Waals surface area contributed by atoms with E-state index in [4.69, 9.17) is 11.6 Å². The Morgan fingerprint density at radius 1 is 1.17 bits per heavy atom. The zero-order chi connectivity index (χ0) is 25.9. The maximum absolute atomic E-state index is 13.7. The van der Waals surface area contributed by atoms with Crippen LogP contribution in [0.2, 0.25) is 5.02 Å². The van der Waals surface area contributed by atoms with E-state index in [1.165, 1.54) is 10.5 Å². The smallest absolute Gasteiger partial charge is 0.353 e. The summed E-state index contributed by atoms with van der Waals surface area (Å²) in [4.78, 5) is 28.0. The Labute approximate surface area is 215 Å². The van der Waals surface area contributed by atoms with E-state index in [9.17, 15) is 18.0 Å². The van der Waals surface area contributed by atoms with Crippen LogP contribution < -0.4 is 4.90 Å². The first-order chi connectivity index (χ1) is 17.2. The van der Waals surface area contributed by atoms with Crippen LogP contribution in [0.5, 0.6) is 0 Å². The van der Waals surface area contributed by atoms with Gasteiger partial charge in [0.05, 0.1) is 12.5 Å². The number of hydrogen-bond acceptors (Lipinski definition) is 5. The molecule has 4 rings (SSSR count). The Morgan fingerprint density at radius 2 is 1.86 bits per heavy atom. The van der Waals surface area contributed by atoms with Crippen molar-refractivity contribution in [3.05, 3.63) is 52.4 Å². The predicted molar refractivity (Wildman–Crippen MR) is 135 cm³/mol. The maximum atomic E-state index is 13.7. The molecule has 1 amide bonds. The van der Waals surface area contributed by atoms with Crippen LogP contribution in [0.15, 0.2) is 30.6 Å². The van der Waals surface area contributed by atoms with Gasteiger partial charge in [0, 0.05) is 49.0 Å². The van der Waals surface area contributed by atoms with Crippen molar-refractivity contribution in [2.75, 3.05) is 50.7 Å². The van der Waals surface area contributed by atoms with Crippen molar-refractivity contribution < 1.29 is 18.0 Å². The largest absolute Gasteiger partial charge is 0.401 e. The summed E-state index contributed by atoms with van der Waals surface area (Å²) >= 11 is 6.04. The summed E-state index contributed by atoms with van der Waals surface area (Å²) < 4.78 is 39.7. The summed E-state index contributed by atoms with van der Waals surface area (Å²) in [6.45, 7) is 5.49. The number of fused-ring (bicyclic) bond motifs is 1. The first-order valence-corrected chi connectivity index (χ1v) is 13.0. The average Bonchev–Trinajstić information content (AvgIpc) is 3.23. The first kappa shape index (κ1) is 26.7. The van der Waals surface area contributed by atoms with E-state index in [0.717, 1.165) is 24.4 Å². The predicted octanol–water partition coefficient (Wildman–Crippen LogP) is 4.89. The van der Waals surface area contributed by atoms with Gasteiger partial charge < -0.3 is 9.80 Å². The molecular formula is C26H33ClF3N5O. The molecule has 2 aromatic rings. The Bertz CT molecular complexity index is 1040. The number of carbonyl (C=O) groups is 1. The number of halogens is 4. The van der Waals surface area contributed by atoms with Crippen molar-refractivity contribution in [3.8, 4) is 0 Å². The molecule has 6 nitrogen and oxygen atoms in total. The lowest BCUT2D eigenvalue weighted by Crippen LogP contribution is -2.52. The number of piperazine rings is 1. The number of anilines is 1. The molecule has 2 atom stereocenters. The lowest BCUT2D eigenvalue weighted by Gasteiger charge is -2.38. The second-order valence-corrected chi connectivity index (χ2v) is 10.2. The van der Waals surface area contributed by atoms with Crippen LogP contribution >= 0.6 is 11.6 Å². The highest BCUT2D eigenvalue weighted by Crippen LogP contribution is 2.37. The van der Waals surface area contributed by atoms with Crippen molar-refractivity contribution in [3.63, 3.8) is 0 Å². The molecule has 0 N–H and O–H groups in total. The van der Waals surface area contributed by atoms with Gasteiger partial charge in [0.15, 0.2) is 0 Å². The Balaban J connectivity index is 1.50. The van der Waals surface area contributed by atoms with Gasteiger partial charge in [0.2, 0.25) is 5.91 Å². The molecule has 0 saturated carbocycles. The van der Waals surface area contributed by atoms with E-state index in [1.54, 1.807) is 35.5 Å². The monoisotopic (exact) mass is 523 g/mol. The average molecular weight is 524 g/mol. The van der Waals surface area contributed by atoms with Crippen LogP contribution in [0.4, 0.5) is 19.0 Å². The molecule has 2 heterocycles. The molecule has 0 radical (unpaired) electrons. The molecule has 2 unspecified atom stereocenters. The molecule has 1 saturated heterocycles. The van der Waals surface area contributed by atoms with Crippen molar-refractivity contribution in [2.45, 2.75) is 51.1 Å². The van der Waals surface area contributed by atoms with Gasteiger partial charge in [0.1, 0.15) is 12.1 Å². The fourth-order valence-corrected chi connectivity index (χ4v) is 5.44. The molecular weight excluding hydrogens is 491 g/mol. The van der Waals surface area contributed by atoms with Gasteiger partial charge in [0.25, 0.3) is 0 Å². The molecule has 196 valence electrons. The fraction of sp³-hybridized carbons (Fsp3) is 0.577. The van der Waals surface area contributed by atoms with Crippen molar-refractivity contribution in [1.82, 2.24) is 19.8 Å². The molecule has 1 fully saturated rings. The highest BCUT2D eigenvalue weighted by atomic mass is 35.5. The highest BCUT2D eigenvalue weighted by Gasteiger charge is 2.36. The normalized spacial score (nSPS) is 19.0. The van der Waals surface area contributed by atoms with E-state index in [0.29, 0.717) is 49.1 Å². The van der Waals surface area contributed by atoms with Gasteiger partial charge in [-0.25, -0.2) is 9.97 Å². The number of carbonyl (C=O) groups excluding carboxylic acids is 1. The summed E-state index contributed by atoms with van der Waals surface area (Å²) in [6, 6.07) is 6.84. The molecule has 1 aliphatic heterocycles. The zero-order valence-electron chi connectivity index (χ0n) is 20.8. The topological polar surface area (TPSA) is 52.6 Å². The Morgan fingerprint density at radius 3 is 2.50 bits per heavy atom. The highest BCUT2D eigenvalue weighted by molar-refractivity contribution is 6.30. The summed E-state index contributed by atoms with van der Waals surface area (Å²) in [7, 11) is 0. The van der Waals surface area contributed by atoms with Crippen LogP contribution in [0, 0.1) is 0 Å². The molecule has 1 aromatic carbocycles. The third kappa shape index (κ3) is 6.29. The van der Waals surface area contributed by atoms with Crippen molar-refractivity contribution in [2.24, 2.45) is 0 Å². The minimum atomic E-state index is -4.33. The van der Waals surface area contributed by atoms with Crippen LogP contribution in [-0.4, -0.2) is 77.7 Å². The minimum Gasteiger partial charge on any atom is -0.353 e. The van der Waals surface area contributed by atoms with Crippen molar-refractivity contribution in [1.29, 1.82) is 0 Å². The SMILES string of the molecule is CCCN(CC(C(=O)N1CCN(c2ncnc3c2C(C)CC3)CC1)c1ccc(Cl)cc1)CC(F)(F)F. The van der Waals surface area contributed by atoms with E-state index in [2.05, 4.69) is 21.8 Å². The van der Waals surface area contributed by atoms with Gasteiger partial charge in [-0.1, -0.05) is 37.6 Å². The van der Waals surface area contributed by atoms with Crippen LogP contribution in [0.1, 0.15) is 55.3 Å². The van der Waals surface area contributed by atoms with E-state index in [-0.39, 0.29) is 19.0 Å². The quantitative estimate of drug-likeness (QED) is 0.493. The minimum absolute atomic E-state index is 0.00492. The van der Waals surface area contributed by atoms with Gasteiger partial charge in [-0.05, 0) is 49.4 Å². The number of aryl methyl sites for hydroxylation is 1. The number of aromatic nitrogens is 2. The third-order valence-corrected chi connectivity index (χ3v) is 7.35. The number of rotatable bonds is 8. The number of hydrogen-bond donors (Lipinski definition) is 0. The fourth-order valence-electron chi connectivity index (χ4n) is 5.32. The second kappa shape index (κ2) is 11.3. The summed E-state index contributed by atoms with van der Waals surface area (Å²) in [5.74, 6) is 0.501. The summed E-state index contributed by atoms with van der Waals surface area (Å²) in [5.41, 5.74) is 2.99. The summed E-state index contributed by atoms with van der Waals surface area (Å²) in [5, 5.41) is 0.519. The van der Waals surface area contributed by atoms with Gasteiger partial charge >= 0.3 is 6.18 Å². The number of amides is 1. The summed E-state index contributed by atoms with van der Waals surface area (Å²) in [6.07, 6.45) is -0.127. The molecule has 1 aliphatic carbocycles. The molecule has 36 heavy (non-hydrogen) atoms. The Kier molecular flexibility index (Phi) is 8.40. The Hall–Kier alpha value is -2.39. The van der Waals surface area contributed by atoms with Crippen molar-refractivity contribution >= 4 is 23.3 Å². The van der Waals surface area contributed by atoms with Crippen LogP contribution in [-0.2, 0) is 11.2 Å².